The molecule has 20 heavy (non-hydrogen) atoms. The zero-order valence-electron chi connectivity index (χ0n) is 11.1. The first-order valence-corrected chi connectivity index (χ1v) is 7.23. The van der Waals surface area contributed by atoms with Gasteiger partial charge < -0.3 is 10.5 Å². The van der Waals surface area contributed by atoms with Crippen molar-refractivity contribution in [2.45, 2.75) is 4.90 Å². The molecule has 0 amide bonds. The van der Waals surface area contributed by atoms with Crippen LogP contribution in [0.25, 0.3) is 0 Å². The van der Waals surface area contributed by atoms with Crippen molar-refractivity contribution in [1.29, 1.82) is 0 Å². The van der Waals surface area contributed by atoms with Gasteiger partial charge in [0.2, 0.25) is 0 Å². The molecule has 0 saturated heterocycles. The van der Waals surface area contributed by atoms with Crippen LogP contribution in [0.1, 0.15) is 0 Å². The number of anilines is 2. The van der Waals surface area contributed by atoms with E-state index in [9.17, 15) is 8.42 Å². The predicted octanol–water partition coefficient (Wildman–Crippen LogP) is 1.50. The Labute approximate surface area is 117 Å². The second-order valence-electron chi connectivity index (χ2n) is 4.09. The lowest BCUT2D eigenvalue weighted by atomic mass is 10.3. The minimum atomic E-state index is -3.73. The first kappa shape index (κ1) is 14.1. The van der Waals surface area contributed by atoms with Gasteiger partial charge in [-0.1, -0.05) is 0 Å². The van der Waals surface area contributed by atoms with Crippen molar-refractivity contribution in [3.8, 4) is 5.75 Å². The molecule has 0 aliphatic carbocycles. The summed E-state index contributed by atoms with van der Waals surface area (Å²) >= 11 is 0. The molecular weight excluding hydrogens is 278 g/mol. The standard InChI is InChI=1S/C13H15N3O3S/c1-16(11-5-7-15-8-6-11)20(17,18)13-4-3-10(14)9-12(13)19-2/h3-9H,14H2,1-2H3. The summed E-state index contributed by atoms with van der Waals surface area (Å²) in [6.45, 7) is 0. The molecule has 0 bridgehead atoms. The monoisotopic (exact) mass is 293 g/mol. The van der Waals surface area contributed by atoms with Crippen molar-refractivity contribution >= 4 is 21.4 Å². The number of pyridine rings is 1. The first-order valence-electron chi connectivity index (χ1n) is 5.79. The summed E-state index contributed by atoms with van der Waals surface area (Å²) in [5.74, 6) is 0.214. The highest BCUT2D eigenvalue weighted by Gasteiger charge is 2.25. The second kappa shape index (κ2) is 5.38. The van der Waals surface area contributed by atoms with Gasteiger partial charge in [-0.15, -0.1) is 0 Å². The molecule has 7 heteroatoms. The van der Waals surface area contributed by atoms with Gasteiger partial charge >= 0.3 is 0 Å². The van der Waals surface area contributed by atoms with E-state index in [0.717, 1.165) is 0 Å². The molecule has 106 valence electrons. The molecule has 0 unspecified atom stereocenters. The minimum absolute atomic E-state index is 0.0634. The summed E-state index contributed by atoms with van der Waals surface area (Å²) in [5.41, 5.74) is 6.59. The predicted molar refractivity (Wildman–Crippen MR) is 77.2 cm³/mol. The highest BCUT2D eigenvalue weighted by Crippen LogP contribution is 2.30. The average Bonchev–Trinajstić information content (AvgIpc) is 2.46. The molecular formula is C13H15N3O3S. The zero-order valence-corrected chi connectivity index (χ0v) is 12.0. The van der Waals surface area contributed by atoms with Gasteiger partial charge in [0.1, 0.15) is 10.6 Å². The Bertz CT molecular complexity index is 702. The first-order chi connectivity index (χ1) is 9.46. The molecule has 1 heterocycles. The number of rotatable bonds is 4. The maximum absolute atomic E-state index is 12.6. The Balaban J connectivity index is 2.51. The summed E-state index contributed by atoms with van der Waals surface area (Å²) in [4.78, 5) is 3.93. The van der Waals surface area contributed by atoms with E-state index in [2.05, 4.69) is 4.98 Å². The van der Waals surface area contributed by atoms with E-state index in [1.165, 1.54) is 49.1 Å². The van der Waals surface area contributed by atoms with Crippen LogP contribution in [-0.4, -0.2) is 27.6 Å². The third-order valence-electron chi connectivity index (χ3n) is 2.85. The number of nitrogens with two attached hydrogens (primary N) is 1. The smallest absolute Gasteiger partial charge is 0.267 e. The lowest BCUT2D eigenvalue weighted by Gasteiger charge is -2.20. The molecule has 2 rings (SSSR count). The van der Waals surface area contributed by atoms with E-state index in [1.807, 2.05) is 0 Å². The van der Waals surface area contributed by atoms with Crippen LogP contribution in [0.2, 0.25) is 0 Å². The van der Waals surface area contributed by atoms with Crippen LogP contribution in [0.4, 0.5) is 11.4 Å². The lowest BCUT2D eigenvalue weighted by Crippen LogP contribution is -2.27. The minimum Gasteiger partial charge on any atom is -0.495 e. The number of nitrogen functional groups attached to an aromatic ring is 1. The molecule has 1 aromatic heterocycles. The molecule has 0 atom stereocenters. The number of methoxy groups -OCH3 is 1. The molecule has 0 saturated carbocycles. The van der Waals surface area contributed by atoms with Crippen molar-refractivity contribution in [2.24, 2.45) is 0 Å². The van der Waals surface area contributed by atoms with Crippen LogP contribution in [0.5, 0.6) is 5.75 Å². The quantitative estimate of drug-likeness (QED) is 0.863. The van der Waals surface area contributed by atoms with Gasteiger partial charge in [-0.25, -0.2) is 8.42 Å². The van der Waals surface area contributed by atoms with Gasteiger partial charge in [0.05, 0.1) is 12.8 Å². The summed E-state index contributed by atoms with van der Waals surface area (Å²) in [6.07, 6.45) is 3.06. The van der Waals surface area contributed by atoms with Crippen LogP contribution in [0, 0.1) is 0 Å². The van der Waals surface area contributed by atoms with E-state index in [4.69, 9.17) is 10.5 Å². The maximum Gasteiger partial charge on any atom is 0.267 e. The molecule has 2 aromatic rings. The fourth-order valence-corrected chi connectivity index (χ4v) is 3.07. The number of benzene rings is 1. The summed E-state index contributed by atoms with van der Waals surface area (Å²) in [5, 5.41) is 0. The van der Waals surface area contributed by atoms with Gasteiger partial charge in [0.15, 0.2) is 0 Å². The number of hydrogen-bond donors (Lipinski definition) is 1. The number of hydrogen-bond acceptors (Lipinski definition) is 5. The topological polar surface area (TPSA) is 85.5 Å². The van der Waals surface area contributed by atoms with Crippen LogP contribution in [0.15, 0.2) is 47.6 Å². The normalized spacial score (nSPS) is 11.1. The van der Waals surface area contributed by atoms with Gasteiger partial charge in [-0.2, -0.15) is 0 Å². The van der Waals surface area contributed by atoms with Crippen molar-refractivity contribution < 1.29 is 13.2 Å². The van der Waals surface area contributed by atoms with Gasteiger partial charge in [-0.3, -0.25) is 9.29 Å². The average molecular weight is 293 g/mol. The number of sulfonamides is 1. The van der Waals surface area contributed by atoms with Crippen LogP contribution >= 0.6 is 0 Å². The molecule has 0 aliphatic rings. The van der Waals surface area contributed by atoms with E-state index >= 15 is 0 Å². The third kappa shape index (κ3) is 2.53. The molecule has 0 spiro atoms. The van der Waals surface area contributed by atoms with Crippen molar-refractivity contribution in [3.63, 3.8) is 0 Å². The molecule has 1 aromatic carbocycles. The summed E-state index contributed by atoms with van der Waals surface area (Å²) < 4.78 is 31.5. The SMILES string of the molecule is COc1cc(N)ccc1S(=O)(=O)N(C)c1ccncc1. The molecule has 0 fully saturated rings. The van der Waals surface area contributed by atoms with Gasteiger partial charge in [0, 0.05) is 31.2 Å². The number of nitrogens with zero attached hydrogens (tertiary/aromatic N) is 2. The molecule has 6 nitrogen and oxygen atoms in total. The van der Waals surface area contributed by atoms with Gasteiger partial charge in [-0.05, 0) is 24.3 Å². The van der Waals surface area contributed by atoms with E-state index in [-0.39, 0.29) is 10.6 Å². The number of aromatic nitrogens is 1. The van der Waals surface area contributed by atoms with E-state index in [1.54, 1.807) is 12.1 Å². The largest absolute Gasteiger partial charge is 0.495 e. The van der Waals surface area contributed by atoms with Crippen molar-refractivity contribution in [3.05, 3.63) is 42.7 Å². The van der Waals surface area contributed by atoms with Crippen LogP contribution < -0.4 is 14.8 Å². The molecule has 2 N–H and O–H groups in total. The third-order valence-corrected chi connectivity index (χ3v) is 4.68. The maximum atomic E-state index is 12.6. The van der Waals surface area contributed by atoms with Crippen LogP contribution in [-0.2, 0) is 10.0 Å². The van der Waals surface area contributed by atoms with E-state index < -0.39 is 10.0 Å². The fraction of sp³-hybridized carbons (Fsp3) is 0.154. The highest BCUT2D eigenvalue weighted by atomic mass is 32.2. The lowest BCUT2D eigenvalue weighted by molar-refractivity contribution is 0.403. The zero-order chi connectivity index (χ0) is 14.8. The van der Waals surface area contributed by atoms with Crippen molar-refractivity contribution in [1.82, 2.24) is 4.98 Å². The summed E-state index contributed by atoms with van der Waals surface area (Å²) in [7, 11) is -0.851. The van der Waals surface area contributed by atoms with Crippen LogP contribution in [0.3, 0.4) is 0 Å². The summed E-state index contributed by atoms with van der Waals surface area (Å²) in [6, 6.07) is 7.66. The Morgan fingerprint density at radius 2 is 1.85 bits per heavy atom. The Morgan fingerprint density at radius 3 is 2.45 bits per heavy atom. The Morgan fingerprint density at radius 1 is 1.20 bits per heavy atom. The highest BCUT2D eigenvalue weighted by molar-refractivity contribution is 7.92. The second-order valence-corrected chi connectivity index (χ2v) is 6.03. The van der Waals surface area contributed by atoms with Crippen molar-refractivity contribution in [2.75, 3.05) is 24.2 Å². The Kier molecular flexibility index (Phi) is 3.80. The molecule has 0 aliphatic heterocycles. The fourth-order valence-electron chi connectivity index (χ4n) is 1.74. The Hall–Kier alpha value is -2.28. The van der Waals surface area contributed by atoms with E-state index in [0.29, 0.717) is 11.4 Å². The molecule has 0 radical (unpaired) electrons. The van der Waals surface area contributed by atoms with Gasteiger partial charge in [0.25, 0.3) is 10.0 Å². The number of ether oxygens (including phenoxy) is 1.